The standard InChI is InChI=1S/C15H14Cl2N2O/c1-9-6-11(16)3-2-10(9)8-19-12-4-5-14(17)13(7-12)15(18)20/h2-7,19H,8H2,1H3,(H2,18,20). The van der Waals surface area contributed by atoms with Gasteiger partial charge in [-0.1, -0.05) is 29.3 Å². The van der Waals surface area contributed by atoms with Gasteiger partial charge in [-0.25, -0.2) is 0 Å². The molecule has 0 atom stereocenters. The molecule has 3 nitrogen and oxygen atoms in total. The Morgan fingerprint density at radius 3 is 2.60 bits per heavy atom. The van der Waals surface area contributed by atoms with E-state index in [-0.39, 0.29) is 0 Å². The van der Waals surface area contributed by atoms with Crippen LogP contribution in [0.1, 0.15) is 21.5 Å². The Hall–Kier alpha value is -1.71. The second-order valence-electron chi connectivity index (χ2n) is 4.48. The zero-order valence-corrected chi connectivity index (χ0v) is 12.4. The van der Waals surface area contributed by atoms with Gasteiger partial charge in [0.2, 0.25) is 5.91 Å². The number of aryl methyl sites for hydroxylation is 1. The Morgan fingerprint density at radius 1 is 1.20 bits per heavy atom. The van der Waals surface area contributed by atoms with E-state index < -0.39 is 5.91 Å². The zero-order chi connectivity index (χ0) is 14.7. The lowest BCUT2D eigenvalue weighted by atomic mass is 10.1. The fraction of sp³-hybridized carbons (Fsp3) is 0.133. The molecule has 0 aliphatic heterocycles. The van der Waals surface area contributed by atoms with Crippen molar-refractivity contribution in [3.8, 4) is 0 Å². The summed E-state index contributed by atoms with van der Waals surface area (Å²) in [6.07, 6.45) is 0. The maximum absolute atomic E-state index is 11.2. The van der Waals surface area contributed by atoms with Gasteiger partial charge in [-0.15, -0.1) is 0 Å². The molecule has 0 spiro atoms. The maximum Gasteiger partial charge on any atom is 0.250 e. The molecule has 0 fully saturated rings. The molecule has 1 amide bonds. The molecule has 2 aromatic rings. The first kappa shape index (κ1) is 14.7. The molecular formula is C15H14Cl2N2O. The van der Waals surface area contributed by atoms with Gasteiger partial charge >= 0.3 is 0 Å². The third-order valence-corrected chi connectivity index (χ3v) is 3.58. The molecule has 0 saturated heterocycles. The molecule has 0 aliphatic carbocycles. The van der Waals surface area contributed by atoms with Crippen LogP contribution in [-0.4, -0.2) is 5.91 Å². The van der Waals surface area contributed by atoms with Gasteiger partial charge in [0.05, 0.1) is 10.6 Å². The lowest BCUT2D eigenvalue weighted by Gasteiger charge is -2.11. The van der Waals surface area contributed by atoms with Crippen LogP contribution in [0.25, 0.3) is 0 Å². The molecular weight excluding hydrogens is 295 g/mol. The number of hydrogen-bond acceptors (Lipinski definition) is 2. The first-order valence-electron chi connectivity index (χ1n) is 6.05. The second kappa shape index (κ2) is 6.16. The molecule has 0 saturated carbocycles. The SMILES string of the molecule is Cc1cc(Cl)ccc1CNc1ccc(Cl)c(C(N)=O)c1. The van der Waals surface area contributed by atoms with Crippen LogP contribution in [0.4, 0.5) is 5.69 Å². The van der Waals surface area contributed by atoms with E-state index in [0.29, 0.717) is 22.2 Å². The highest BCUT2D eigenvalue weighted by Crippen LogP contribution is 2.21. The normalized spacial score (nSPS) is 10.3. The van der Waals surface area contributed by atoms with Gasteiger partial charge in [0, 0.05) is 17.3 Å². The number of carbonyl (C=O) groups is 1. The van der Waals surface area contributed by atoms with E-state index in [9.17, 15) is 4.79 Å². The fourth-order valence-corrected chi connectivity index (χ4v) is 2.32. The number of benzene rings is 2. The van der Waals surface area contributed by atoms with Crippen molar-refractivity contribution in [1.82, 2.24) is 0 Å². The Balaban J connectivity index is 2.15. The Kier molecular flexibility index (Phi) is 4.53. The first-order chi connectivity index (χ1) is 9.47. The highest BCUT2D eigenvalue weighted by Gasteiger charge is 2.07. The van der Waals surface area contributed by atoms with Crippen molar-refractivity contribution in [2.45, 2.75) is 13.5 Å². The van der Waals surface area contributed by atoms with Crippen molar-refractivity contribution in [2.24, 2.45) is 5.73 Å². The first-order valence-corrected chi connectivity index (χ1v) is 6.81. The van der Waals surface area contributed by atoms with Crippen molar-refractivity contribution >= 4 is 34.8 Å². The van der Waals surface area contributed by atoms with E-state index in [4.69, 9.17) is 28.9 Å². The Bertz CT molecular complexity index is 656. The lowest BCUT2D eigenvalue weighted by Crippen LogP contribution is -2.12. The van der Waals surface area contributed by atoms with Crippen LogP contribution in [-0.2, 0) is 6.54 Å². The maximum atomic E-state index is 11.2. The Labute approximate surface area is 127 Å². The van der Waals surface area contributed by atoms with Gasteiger partial charge in [0.1, 0.15) is 0 Å². The van der Waals surface area contributed by atoms with Gasteiger partial charge in [0.25, 0.3) is 0 Å². The molecule has 0 heterocycles. The highest BCUT2D eigenvalue weighted by molar-refractivity contribution is 6.33. The summed E-state index contributed by atoms with van der Waals surface area (Å²) in [4.78, 5) is 11.2. The van der Waals surface area contributed by atoms with E-state index >= 15 is 0 Å². The number of halogens is 2. The minimum atomic E-state index is -0.540. The molecule has 104 valence electrons. The monoisotopic (exact) mass is 308 g/mol. The quantitative estimate of drug-likeness (QED) is 0.896. The van der Waals surface area contributed by atoms with Crippen molar-refractivity contribution in [2.75, 3.05) is 5.32 Å². The summed E-state index contributed by atoms with van der Waals surface area (Å²) >= 11 is 11.8. The topological polar surface area (TPSA) is 55.1 Å². The average Bonchev–Trinajstić information content (AvgIpc) is 2.39. The number of amides is 1. The number of nitrogens with one attached hydrogen (secondary N) is 1. The highest BCUT2D eigenvalue weighted by atomic mass is 35.5. The van der Waals surface area contributed by atoms with Crippen molar-refractivity contribution in [3.63, 3.8) is 0 Å². The summed E-state index contributed by atoms with van der Waals surface area (Å²) in [6.45, 7) is 2.63. The van der Waals surface area contributed by atoms with Crippen LogP contribution in [0.15, 0.2) is 36.4 Å². The number of rotatable bonds is 4. The van der Waals surface area contributed by atoms with Gasteiger partial charge in [-0.3, -0.25) is 4.79 Å². The second-order valence-corrected chi connectivity index (χ2v) is 5.33. The predicted molar refractivity (Wildman–Crippen MR) is 83.5 cm³/mol. The molecule has 20 heavy (non-hydrogen) atoms. The van der Waals surface area contributed by atoms with Crippen molar-refractivity contribution in [1.29, 1.82) is 0 Å². The van der Waals surface area contributed by atoms with E-state index in [1.807, 2.05) is 25.1 Å². The molecule has 0 bridgehead atoms. The lowest BCUT2D eigenvalue weighted by molar-refractivity contribution is 0.100. The van der Waals surface area contributed by atoms with Crippen LogP contribution >= 0.6 is 23.2 Å². The van der Waals surface area contributed by atoms with Crippen LogP contribution in [0, 0.1) is 6.92 Å². The number of carbonyl (C=O) groups excluding carboxylic acids is 1. The molecule has 0 aliphatic rings. The molecule has 5 heteroatoms. The van der Waals surface area contributed by atoms with E-state index in [1.54, 1.807) is 18.2 Å². The summed E-state index contributed by atoms with van der Waals surface area (Å²) in [6, 6.07) is 10.8. The summed E-state index contributed by atoms with van der Waals surface area (Å²) < 4.78 is 0. The van der Waals surface area contributed by atoms with Crippen LogP contribution in [0.2, 0.25) is 10.0 Å². The van der Waals surface area contributed by atoms with Crippen molar-refractivity contribution in [3.05, 3.63) is 63.1 Å². The zero-order valence-electron chi connectivity index (χ0n) is 10.9. The van der Waals surface area contributed by atoms with Crippen LogP contribution in [0.5, 0.6) is 0 Å². The number of hydrogen-bond donors (Lipinski definition) is 2. The predicted octanol–water partition coefficient (Wildman–Crippen LogP) is 4.01. The minimum absolute atomic E-state index is 0.310. The smallest absolute Gasteiger partial charge is 0.250 e. The third-order valence-electron chi connectivity index (χ3n) is 3.02. The summed E-state index contributed by atoms with van der Waals surface area (Å²) in [7, 11) is 0. The minimum Gasteiger partial charge on any atom is -0.381 e. The summed E-state index contributed by atoms with van der Waals surface area (Å²) in [5, 5.41) is 4.30. The van der Waals surface area contributed by atoms with Gasteiger partial charge in [-0.05, 0) is 48.4 Å². The molecule has 2 aromatic carbocycles. The summed E-state index contributed by atoms with van der Waals surface area (Å²) in [5.41, 5.74) is 8.60. The average molecular weight is 309 g/mol. The van der Waals surface area contributed by atoms with Crippen LogP contribution in [0.3, 0.4) is 0 Å². The molecule has 0 unspecified atom stereocenters. The molecule has 0 aromatic heterocycles. The largest absolute Gasteiger partial charge is 0.381 e. The number of nitrogens with two attached hydrogens (primary N) is 1. The van der Waals surface area contributed by atoms with Gasteiger partial charge in [-0.2, -0.15) is 0 Å². The van der Waals surface area contributed by atoms with E-state index in [0.717, 1.165) is 16.8 Å². The summed E-state index contributed by atoms with van der Waals surface area (Å²) in [5.74, 6) is -0.540. The molecule has 2 rings (SSSR count). The van der Waals surface area contributed by atoms with Crippen molar-refractivity contribution < 1.29 is 4.79 Å². The fourth-order valence-electron chi connectivity index (χ4n) is 1.88. The van der Waals surface area contributed by atoms with E-state index in [1.165, 1.54) is 0 Å². The third kappa shape index (κ3) is 3.44. The number of anilines is 1. The molecule has 3 N–H and O–H groups in total. The van der Waals surface area contributed by atoms with Gasteiger partial charge < -0.3 is 11.1 Å². The van der Waals surface area contributed by atoms with Crippen LogP contribution < -0.4 is 11.1 Å². The molecule has 0 radical (unpaired) electrons. The van der Waals surface area contributed by atoms with E-state index in [2.05, 4.69) is 5.32 Å². The van der Waals surface area contributed by atoms with Gasteiger partial charge in [0.15, 0.2) is 0 Å². The Morgan fingerprint density at radius 2 is 1.95 bits per heavy atom. The number of primary amides is 1.